The van der Waals surface area contributed by atoms with E-state index in [0.717, 1.165) is 11.8 Å². The van der Waals surface area contributed by atoms with Gasteiger partial charge in [-0.2, -0.15) is 0 Å². The number of nitrogens with two attached hydrogens (primary N) is 1. The van der Waals surface area contributed by atoms with Crippen LogP contribution in [0.15, 0.2) is 0 Å². The molecule has 0 spiro atoms. The monoisotopic (exact) mass is 182 g/mol. The molecule has 2 rings (SSSR count). The van der Waals surface area contributed by atoms with Gasteiger partial charge in [0.25, 0.3) is 0 Å². The molecule has 2 heteroatoms. The highest BCUT2D eigenvalue weighted by atomic mass is 15.1. The van der Waals surface area contributed by atoms with Gasteiger partial charge in [-0.1, -0.05) is 13.8 Å². The molecule has 0 aromatic carbocycles. The minimum Gasteiger partial charge on any atom is -0.327 e. The maximum Gasteiger partial charge on any atom is 0.00889 e. The van der Waals surface area contributed by atoms with Crippen LogP contribution < -0.4 is 5.73 Å². The van der Waals surface area contributed by atoms with Gasteiger partial charge in [0.1, 0.15) is 0 Å². The van der Waals surface area contributed by atoms with E-state index >= 15 is 0 Å². The summed E-state index contributed by atoms with van der Waals surface area (Å²) in [6.07, 6.45) is 2.65. The van der Waals surface area contributed by atoms with Crippen LogP contribution in [0.1, 0.15) is 26.7 Å². The minimum absolute atomic E-state index is 0.452. The molecule has 2 aliphatic rings. The molecule has 13 heavy (non-hydrogen) atoms. The van der Waals surface area contributed by atoms with Crippen LogP contribution in [-0.4, -0.2) is 30.6 Å². The third-order valence-corrected chi connectivity index (χ3v) is 3.82. The maximum atomic E-state index is 5.99. The summed E-state index contributed by atoms with van der Waals surface area (Å²) in [4.78, 5) is 2.61. The quantitative estimate of drug-likeness (QED) is 0.697. The summed E-state index contributed by atoms with van der Waals surface area (Å²) in [6, 6.07) is 0.452. The first-order chi connectivity index (χ1) is 6.16. The lowest BCUT2D eigenvalue weighted by Crippen LogP contribution is -2.46. The van der Waals surface area contributed by atoms with E-state index in [0.29, 0.717) is 12.0 Å². The summed E-state index contributed by atoms with van der Waals surface area (Å²) in [7, 11) is 0. The van der Waals surface area contributed by atoms with Crippen molar-refractivity contribution in [2.24, 2.45) is 23.5 Å². The van der Waals surface area contributed by atoms with E-state index in [1.807, 2.05) is 0 Å². The van der Waals surface area contributed by atoms with Gasteiger partial charge in [-0.15, -0.1) is 0 Å². The average Bonchev–Trinajstić information content (AvgIpc) is 2.75. The molecule has 1 saturated carbocycles. The third-order valence-electron chi connectivity index (χ3n) is 3.82. The van der Waals surface area contributed by atoms with Gasteiger partial charge in [-0.05, 0) is 37.1 Å². The molecule has 4 unspecified atom stereocenters. The van der Waals surface area contributed by atoms with Crippen LogP contribution in [0.2, 0.25) is 0 Å². The summed E-state index contributed by atoms with van der Waals surface area (Å²) in [5.41, 5.74) is 5.99. The highest BCUT2D eigenvalue weighted by Gasteiger charge is 2.35. The Morgan fingerprint density at radius 2 is 2.00 bits per heavy atom. The maximum absolute atomic E-state index is 5.99. The minimum atomic E-state index is 0.452. The van der Waals surface area contributed by atoms with Crippen molar-refractivity contribution < 1.29 is 0 Å². The van der Waals surface area contributed by atoms with Crippen LogP contribution in [0, 0.1) is 17.8 Å². The number of nitrogens with zero attached hydrogens (tertiary/aromatic N) is 1. The Balaban J connectivity index is 1.75. The van der Waals surface area contributed by atoms with Crippen molar-refractivity contribution in [1.82, 2.24) is 4.90 Å². The Labute approximate surface area is 81.5 Å². The van der Waals surface area contributed by atoms with Crippen LogP contribution in [0.4, 0.5) is 0 Å². The average molecular weight is 182 g/mol. The lowest BCUT2D eigenvalue weighted by Gasteiger charge is -2.35. The molecule has 1 aliphatic carbocycles. The van der Waals surface area contributed by atoms with Gasteiger partial charge >= 0.3 is 0 Å². The first-order valence-corrected chi connectivity index (χ1v) is 5.64. The Bertz CT molecular complexity index is 179. The van der Waals surface area contributed by atoms with Gasteiger partial charge in [0.15, 0.2) is 0 Å². The van der Waals surface area contributed by atoms with Crippen LogP contribution in [-0.2, 0) is 0 Å². The van der Waals surface area contributed by atoms with E-state index in [2.05, 4.69) is 18.7 Å². The predicted octanol–water partition coefficient (Wildman–Crippen LogP) is 1.31. The summed E-state index contributed by atoms with van der Waals surface area (Å²) >= 11 is 0. The molecule has 1 saturated heterocycles. The first kappa shape index (κ1) is 9.47. The molecule has 0 bridgehead atoms. The summed E-state index contributed by atoms with van der Waals surface area (Å²) in [5, 5.41) is 0. The summed E-state index contributed by atoms with van der Waals surface area (Å²) in [5.74, 6) is 2.69. The van der Waals surface area contributed by atoms with Crippen molar-refractivity contribution >= 4 is 0 Å². The number of hydrogen-bond acceptors (Lipinski definition) is 2. The fourth-order valence-electron chi connectivity index (χ4n) is 2.40. The van der Waals surface area contributed by atoms with E-state index < -0.39 is 0 Å². The van der Waals surface area contributed by atoms with Crippen molar-refractivity contribution in [2.75, 3.05) is 19.6 Å². The van der Waals surface area contributed by atoms with Crippen LogP contribution in [0.5, 0.6) is 0 Å². The lowest BCUT2D eigenvalue weighted by atomic mass is 9.94. The number of rotatable bonds is 2. The standard InChI is InChI=1S/C11H22N2/c1-8-5-10(8)7-13-4-3-11(12)9(2)6-13/h8-11H,3-7,12H2,1-2H3. The van der Waals surface area contributed by atoms with Crippen LogP contribution in [0.25, 0.3) is 0 Å². The molecule has 2 N–H and O–H groups in total. The van der Waals surface area contributed by atoms with Crippen molar-refractivity contribution in [3.8, 4) is 0 Å². The summed E-state index contributed by atoms with van der Waals surface area (Å²) < 4.78 is 0. The highest BCUT2D eigenvalue weighted by Crippen LogP contribution is 2.38. The summed E-state index contributed by atoms with van der Waals surface area (Å²) in [6.45, 7) is 8.44. The zero-order valence-corrected chi connectivity index (χ0v) is 8.87. The molecular weight excluding hydrogens is 160 g/mol. The third kappa shape index (κ3) is 2.23. The second kappa shape index (κ2) is 3.58. The predicted molar refractivity (Wildman–Crippen MR) is 55.5 cm³/mol. The first-order valence-electron chi connectivity index (χ1n) is 5.64. The van der Waals surface area contributed by atoms with E-state index in [-0.39, 0.29) is 0 Å². The van der Waals surface area contributed by atoms with E-state index in [4.69, 9.17) is 5.73 Å². The van der Waals surface area contributed by atoms with Gasteiger partial charge in [0.05, 0.1) is 0 Å². The normalized spacial score (nSPS) is 46.4. The molecule has 0 aromatic rings. The Morgan fingerprint density at radius 3 is 2.54 bits per heavy atom. The fraction of sp³-hybridized carbons (Fsp3) is 1.00. The molecule has 1 heterocycles. The molecule has 0 aromatic heterocycles. The number of likely N-dealkylation sites (tertiary alicyclic amines) is 1. The molecule has 76 valence electrons. The molecule has 0 amide bonds. The van der Waals surface area contributed by atoms with Crippen molar-refractivity contribution in [1.29, 1.82) is 0 Å². The second-order valence-electron chi connectivity index (χ2n) is 5.16. The topological polar surface area (TPSA) is 29.3 Å². The van der Waals surface area contributed by atoms with Gasteiger partial charge in [-0.3, -0.25) is 0 Å². The smallest absolute Gasteiger partial charge is 0.00889 e. The fourth-order valence-corrected chi connectivity index (χ4v) is 2.40. The molecular formula is C11H22N2. The largest absolute Gasteiger partial charge is 0.327 e. The van der Waals surface area contributed by atoms with Crippen molar-refractivity contribution in [3.63, 3.8) is 0 Å². The lowest BCUT2D eigenvalue weighted by molar-refractivity contribution is 0.157. The number of hydrogen-bond donors (Lipinski definition) is 1. The van der Waals surface area contributed by atoms with E-state index in [1.165, 1.54) is 32.5 Å². The Hall–Kier alpha value is -0.0800. The number of piperidine rings is 1. The molecule has 0 radical (unpaired) electrons. The van der Waals surface area contributed by atoms with Crippen molar-refractivity contribution in [3.05, 3.63) is 0 Å². The van der Waals surface area contributed by atoms with E-state index in [1.54, 1.807) is 0 Å². The molecule has 4 atom stereocenters. The van der Waals surface area contributed by atoms with Gasteiger partial charge in [0, 0.05) is 19.1 Å². The molecule has 1 aliphatic heterocycles. The van der Waals surface area contributed by atoms with Crippen LogP contribution in [0.3, 0.4) is 0 Å². The van der Waals surface area contributed by atoms with Gasteiger partial charge in [-0.25, -0.2) is 0 Å². The van der Waals surface area contributed by atoms with Crippen LogP contribution >= 0.6 is 0 Å². The SMILES string of the molecule is CC1CN(CC2CC2C)CCC1N. The second-order valence-corrected chi connectivity index (χ2v) is 5.16. The van der Waals surface area contributed by atoms with Gasteiger partial charge in [0.2, 0.25) is 0 Å². The molecule has 2 fully saturated rings. The highest BCUT2D eigenvalue weighted by molar-refractivity contribution is 4.88. The molecule has 2 nitrogen and oxygen atoms in total. The zero-order valence-electron chi connectivity index (χ0n) is 8.87. The van der Waals surface area contributed by atoms with Crippen molar-refractivity contribution in [2.45, 2.75) is 32.7 Å². The van der Waals surface area contributed by atoms with E-state index in [9.17, 15) is 0 Å². The Kier molecular flexibility index (Phi) is 2.61. The van der Waals surface area contributed by atoms with Gasteiger partial charge < -0.3 is 10.6 Å². The Morgan fingerprint density at radius 1 is 1.31 bits per heavy atom. The zero-order chi connectivity index (χ0) is 9.42.